The predicted octanol–water partition coefficient (Wildman–Crippen LogP) is -0.687. The van der Waals surface area contributed by atoms with Gasteiger partial charge in [0.25, 0.3) is 0 Å². The van der Waals surface area contributed by atoms with Crippen LogP contribution < -0.4 is 5.32 Å². The summed E-state index contributed by atoms with van der Waals surface area (Å²) < 4.78 is 10.6. The first kappa shape index (κ1) is 15.2. The molecule has 0 spiro atoms. The molecule has 0 saturated carbocycles. The Morgan fingerprint density at radius 1 is 1.30 bits per heavy atom. The van der Waals surface area contributed by atoms with E-state index in [1.54, 1.807) is 4.90 Å². The number of hydrogen-bond donors (Lipinski definition) is 2. The van der Waals surface area contributed by atoms with Crippen LogP contribution in [0.2, 0.25) is 0 Å². The van der Waals surface area contributed by atoms with Crippen LogP contribution in [-0.2, 0) is 19.1 Å². The molecule has 2 N–H and O–H groups in total. The highest BCUT2D eigenvalue weighted by Crippen LogP contribution is 2.21. The van der Waals surface area contributed by atoms with Crippen molar-refractivity contribution in [1.29, 1.82) is 0 Å². The standard InChI is InChI=1S/C13H22N2O5/c1-2-15(11-8-20-7-10(11)13(17)18)12(16)5-9-6-19-4-3-14-9/h9-11,14H,2-8H2,1H3,(H,17,18). The molecular weight excluding hydrogens is 264 g/mol. The van der Waals surface area contributed by atoms with Crippen LogP contribution in [0.4, 0.5) is 0 Å². The largest absolute Gasteiger partial charge is 0.481 e. The van der Waals surface area contributed by atoms with Crippen molar-refractivity contribution in [2.24, 2.45) is 5.92 Å². The van der Waals surface area contributed by atoms with Crippen LogP contribution in [0.5, 0.6) is 0 Å². The molecule has 3 unspecified atom stereocenters. The van der Waals surface area contributed by atoms with E-state index in [2.05, 4.69) is 5.32 Å². The van der Waals surface area contributed by atoms with Gasteiger partial charge in [-0.3, -0.25) is 9.59 Å². The van der Waals surface area contributed by atoms with Gasteiger partial charge in [0, 0.05) is 25.6 Å². The SMILES string of the molecule is CCN(C(=O)CC1COCCN1)C1COCC1C(=O)O. The molecule has 114 valence electrons. The second-order valence-corrected chi connectivity index (χ2v) is 5.16. The van der Waals surface area contributed by atoms with Crippen molar-refractivity contribution < 1.29 is 24.2 Å². The third-order valence-corrected chi connectivity index (χ3v) is 3.85. The van der Waals surface area contributed by atoms with Crippen LogP contribution >= 0.6 is 0 Å². The maximum atomic E-state index is 12.4. The lowest BCUT2D eigenvalue weighted by molar-refractivity contribution is -0.145. The minimum atomic E-state index is -0.905. The summed E-state index contributed by atoms with van der Waals surface area (Å²) in [6, 6.07) is -0.356. The number of carboxylic acids is 1. The van der Waals surface area contributed by atoms with Crippen molar-refractivity contribution in [3.05, 3.63) is 0 Å². The Morgan fingerprint density at radius 2 is 2.10 bits per heavy atom. The van der Waals surface area contributed by atoms with Gasteiger partial charge < -0.3 is 24.8 Å². The predicted molar refractivity (Wildman–Crippen MR) is 70.3 cm³/mol. The number of morpholine rings is 1. The van der Waals surface area contributed by atoms with Gasteiger partial charge in [0.15, 0.2) is 0 Å². The van der Waals surface area contributed by atoms with Crippen molar-refractivity contribution in [1.82, 2.24) is 10.2 Å². The summed E-state index contributed by atoms with van der Waals surface area (Å²) in [7, 11) is 0. The van der Waals surface area contributed by atoms with Gasteiger partial charge in [0.1, 0.15) is 5.92 Å². The van der Waals surface area contributed by atoms with Crippen LogP contribution in [0.3, 0.4) is 0 Å². The molecule has 0 radical (unpaired) electrons. The van der Waals surface area contributed by atoms with E-state index in [0.29, 0.717) is 32.8 Å². The third kappa shape index (κ3) is 3.47. The van der Waals surface area contributed by atoms with Gasteiger partial charge in [-0.2, -0.15) is 0 Å². The zero-order chi connectivity index (χ0) is 14.5. The van der Waals surface area contributed by atoms with Gasteiger partial charge in [-0.1, -0.05) is 0 Å². The average Bonchev–Trinajstić information content (AvgIpc) is 2.90. The number of nitrogens with zero attached hydrogens (tertiary/aromatic N) is 1. The number of aliphatic carboxylic acids is 1. The van der Waals surface area contributed by atoms with E-state index >= 15 is 0 Å². The fraction of sp³-hybridized carbons (Fsp3) is 0.846. The Bertz CT molecular complexity index is 357. The van der Waals surface area contributed by atoms with Crippen LogP contribution in [0, 0.1) is 5.92 Å². The quantitative estimate of drug-likeness (QED) is 0.696. The normalized spacial score (nSPS) is 30.1. The number of carboxylic acid groups (broad SMARTS) is 1. The number of rotatable bonds is 5. The zero-order valence-electron chi connectivity index (χ0n) is 11.7. The number of ether oxygens (including phenoxy) is 2. The second-order valence-electron chi connectivity index (χ2n) is 5.16. The van der Waals surface area contributed by atoms with E-state index in [0.717, 1.165) is 6.54 Å². The number of carbonyl (C=O) groups excluding carboxylic acids is 1. The van der Waals surface area contributed by atoms with Crippen molar-refractivity contribution in [3.8, 4) is 0 Å². The zero-order valence-corrected chi connectivity index (χ0v) is 11.7. The summed E-state index contributed by atoms with van der Waals surface area (Å²) in [6.07, 6.45) is 0.330. The van der Waals surface area contributed by atoms with Crippen LogP contribution in [-0.4, -0.2) is 73.5 Å². The molecule has 7 nitrogen and oxygen atoms in total. The Kier molecular flexibility index (Phi) is 5.33. The first-order valence-corrected chi connectivity index (χ1v) is 7.04. The first-order valence-electron chi connectivity index (χ1n) is 7.04. The number of amides is 1. The van der Waals surface area contributed by atoms with Gasteiger partial charge in [-0.15, -0.1) is 0 Å². The summed E-state index contributed by atoms with van der Waals surface area (Å²) in [5, 5.41) is 12.4. The second kappa shape index (κ2) is 7.01. The molecule has 2 rings (SSSR count). The van der Waals surface area contributed by atoms with Gasteiger partial charge >= 0.3 is 5.97 Å². The molecule has 0 bridgehead atoms. The highest BCUT2D eigenvalue weighted by molar-refractivity contribution is 5.79. The Morgan fingerprint density at radius 3 is 2.70 bits per heavy atom. The number of hydrogen-bond acceptors (Lipinski definition) is 5. The summed E-state index contributed by atoms with van der Waals surface area (Å²) in [6.45, 7) is 4.75. The smallest absolute Gasteiger partial charge is 0.311 e. The molecule has 7 heteroatoms. The molecule has 0 aromatic rings. The Balaban J connectivity index is 1.95. The lowest BCUT2D eigenvalue weighted by Crippen LogP contribution is -2.50. The van der Waals surface area contributed by atoms with Crippen molar-refractivity contribution >= 4 is 11.9 Å². The van der Waals surface area contributed by atoms with Crippen molar-refractivity contribution in [2.75, 3.05) is 39.5 Å². The molecule has 2 fully saturated rings. The molecule has 2 aliphatic heterocycles. The van der Waals surface area contributed by atoms with E-state index < -0.39 is 11.9 Å². The summed E-state index contributed by atoms with van der Waals surface area (Å²) in [5.74, 6) is -1.58. The third-order valence-electron chi connectivity index (χ3n) is 3.85. The molecular formula is C13H22N2O5. The van der Waals surface area contributed by atoms with Crippen LogP contribution in [0.25, 0.3) is 0 Å². The Labute approximate surface area is 118 Å². The average molecular weight is 286 g/mol. The van der Waals surface area contributed by atoms with E-state index in [1.807, 2.05) is 6.92 Å². The first-order chi connectivity index (χ1) is 9.63. The van der Waals surface area contributed by atoms with Gasteiger partial charge in [0.05, 0.1) is 32.5 Å². The fourth-order valence-electron chi connectivity index (χ4n) is 2.76. The summed E-state index contributed by atoms with van der Waals surface area (Å²) in [5.41, 5.74) is 0. The fourth-order valence-corrected chi connectivity index (χ4v) is 2.76. The molecule has 0 aliphatic carbocycles. The summed E-state index contributed by atoms with van der Waals surface area (Å²) in [4.78, 5) is 25.2. The van der Waals surface area contributed by atoms with Gasteiger partial charge in [-0.05, 0) is 6.92 Å². The molecule has 20 heavy (non-hydrogen) atoms. The molecule has 3 atom stereocenters. The van der Waals surface area contributed by atoms with Crippen LogP contribution in [0.1, 0.15) is 13.3 Å². The molecule has 0 aromatic carbocycles. The molecule has 1 amide bonds. The van der Waals surface area contributed by atoms with E-state index in [4.69, 9.17) is 9.47 Å². The minimum Gasteiger partial charge on any atom is -0.481 e. The monoisotopic (exact) mass is 286 g/mol. The number of nitrogens with one attached hydrogen (secondary N) is 1. The lowest BCUT2D eigenvalue weighted by atomic mass is 10.0. The topological polar surface area (TPSA) is 88.1 Å². The molecule has 2 aliphatic rings. The minimum absolute atomic E-state index is 0.0101. The Hall–Kier alpha value is -1.18. The summed E-state index contributed by atoms with van der Waals surface area (Å²) >= 11 is 0. The highest BCUT2D eigenvalue weighted by atomic mass is 16.5. The molecule has 2 saturated heterocycles. The van der Waals surface area contributed by atoms with Crippen molar-refractivity contribution in [2.45, 2.75) is 25.4 Å². The number of carbonyl (C=O) groups is 2. The van der Waals surface area contributed by atoms with Crippen molar-refractivity contribution in [3.63, 3.8) is 0 Å². The molecule has 2 heterocycles. The van der Waals surface area contributed by atoms with E-state index in [9.17, 15) is 14.7 Å². The maximum absolute atomic E-state index is 12.4. The highest BCUT2D eigenvalue weighted by Gasteiger charge is 2.39. The van der Waals surface area contributed by atoms with E-state index in [1.165, 1.54) is 0 Å². The van der Waals surface area contributed by atoms with Gasteiger partial charge in [-0.25, -0.2) is 0 Å². The molecule has 0 aromatic heterocycles. The maximum Gasteiger partial charge on any atom is 0.311 e. The van der Waals surface area contributed by atoms with Crippen LogP contribution in [0.15, 0.2) is 0 Å². The van der Waals surface area contributed by atoms with E-state index in [-0.39, 0.29) is 24.6 Å². The number of likely N-dealkylation sites (N-methyl/N-ethyl adjacent to an activating group) is 1. The lowest BCUT2D eigenvalue weighted by Gasteiger charge is -2.31. The van der Waals surface area contributed by atoms with Gasteiger partial charge in [0.2, 0.25) is 5.91 Å².